The van der Waals surface area contributed by atoms with Crippen molar-refractivity contribution < 1.29 is 17.6 Å². The fraction of sp³-hybridized carbons (Fsp3) is 0.154. The topological polar surface area (TPSA) is 79.4 Å². The largest absolute Gasteiger partial charge is 0.322 e. The Bertz CT molecular complexity index is 1530. The molecule has 34 heavy (non-hydrogen) atoms. The van der Waals surface area contributed by atoms with E-state index in [2.05, 4.69) is 10.3 Å². The molecule has 1 aliphatic heterocycles. The first-order valence-corrected chi connectivity index (χ1v) is 12.5. The van der Waals surface area contributed by atoms with Crippen LogP contribution in [0.15, 0.2) is 72.9 Å². The molecule has 0 saturated carbocycles. The highest BCUT2D eigenvalue weighted by molar-refractivity contribution is 7.93. The number of hydrogen-bond donors (Lipinski definition) is 1. The number of nitrogens with zero attached hydrogens (tertiary/aromatic N) is 2. The van der Waals surface area contributed by atoms with E-state index >= 15 is 0 Å². The Morgan fingerprint density at radius 2 is 1.88 bits per heavy atom. The third-order valence-corrected chi connectivity index (χ3v) is 7.88. The molecule has 1 aliphatic rings. The van der Waals surface area contributed by atoms with Crippen LogP contribution in [0.1, 0.15) is 22.3 Å². The van der Waals surface area contributed by atoms with Crippen LogP contribution in [0, 0.1) is 12.7 Å². The number of aromatic nitrogens is 1. The molecule has 1 fully saturated rings. The monoisotopic (exact) mass is 475 g/mol. The summed E-state index contributed by atoms with van der Waals surface area (Å²) >= 11 is 0. The van der Waals surface area contributed by atoms with Gasteiger partial charge in [0.05, 0.1) is 22.7 Å². The molecule has 0 bridgehead atoms. The van der Waals surface area contributed by atoms with Gasteiger partial charge in [-0.15, -0.1) is 0 Å². The van der Waals surface area contributed by atoms with E-state index in [1.54, 1.807) is 12.3 Å². The van der Waals surface area contributed by atoms with Crippen molar-refractivity contribution in [2.75, 3.05) is 21.9 Å². The van der Waals surface area contributed by atoms with Gasteiger partial charge in [-0.05, 0) is 60.7 Å². The highest BCUT2D eigenvalue weighted by atomic mass is 32.2. The number of hydrogen-bond acceptors (Lipinski definition) is 4. The number of pyridine rings is 1. The zero-order valence-corrected chi connectivity index (χ0v) is 19.3. The minimum absolute atomic E-state index is 0.0399. The summed E-state index contributed by atoms with van der Waals surface area (Å²) in [6.07, 6.45) is 2.24. The zero-order valence-electron chi connectivity index (χ0n) is 18.5. The van der Waals surface area contributed by atoms with Gasteiger partial charge in [-0.3, -0.25) is 14.1 Å². The van der Waals surface area contributed by atoms with Gasteiger partial charge in [0.2, 0.25) is 10.0 Å². The number of nitrogens with one attached hydrogen (secondary N) is 1. The summed E-state index contributed by atoms with van der Waals surface area (Å²) in [6.45, 7) is 2.27. The van der Waals surface area contributed by atoms with Gasteiger partial charge in [0.25, 0.3) is 5.91 Å². The van der Waals surface area contributed by atoms with Crippen molar-refractivity contribution >= 4 is 38.1 Å². The number of anilines is 2. The molecular weight excluding hydrogens is 453 g/mol. The van der Waals surface area contributed by atoms with Gasteiger partial charge in [-0.1, -0.05) is 30.3 Å². The molecule has 1 saturated heterocycles. The first-order valence-electron chi connectivity index (χ1n) is 10.9. The average molecular weight is 476 g/mol. The molecule has 0 atom stereocenters. The zero-order chi connectivity index (χ0) is 23.9. The van der Waals surface area contributed by atoms with Crippen molar-refractivity contribution in [2.45, 2.75) is 13.3 Å². The van der Waals surface area contributed by atoms with Crippen molar-refractivity contribution in [3.63, 3.8) is 0 Å². The molecule has 1 aromatic heterocycles. The molecule has 1 N–H and O–H groups in total. The predicted molar refractivity (Wildman–Crippen MR) is 132 cm³/mol. The van der Waals surface area contributed by atoms with E-state index in [-0.39, 0.29) is 17.0 Å². The minimum Gasteiger partial charge on any atom is -0.322 e. The predicted octanol–water partition coefficient (Wildman–Crippen LogP) is 5.14. The average Bonchev–Trinajstić information content (AvgIpc) is 3.18. The number of sulfonamides is 1. The maximum absolute atomic E-state index is 14.8. The molecule has 4 aromatic rings. The van der Waals surface area contributed by atoms with Crippen LogP contribution >= 0.6 is 0 Å². The van der Waals surface area contributed by atoms with E-state index in [9.17, 15) is 17.6 Å². The lowest BCUT2D eigenvalue weighted by atomic mass is 9.99. The van der Waals surface area contributed by atoms with Crippen LogP contribution in [-0.4, -0.2) is 31.6 Å². The van der Waals surface area contributed by atoms with Crippen LogP contribution < -0.4 is 9.62 Å². The van der Waals surface area contributed by atoms with E-state index in [4.69, 9.17) is 0 Å². The van der Waals surface area contributed by atoms with Crippen LogP contribution in [0.2, 0.25) is 0 Å². The Kier molecular flexibility index (Phi) is 5.53. The second kappa shape index (κ2) is 8.53. The number of rotatable bonds is 4. The van der Waals surface area contributed by atoms with E-state index in [0.29, 0.717) is 18.7 Å². The molecule has 0 radical (unpaired) electrons. The smallest absolute Gasteiger partial charge is 0.258 e. The number of fused-ring (bicyclic) bond motifs is 1. The van der Waals surface area contributed by atoms with Crippen molar-refractivity contribution in [2.24, 2.45) is 0 Å². The highest BCUT2D eigenvalue weighted by Gasteiger charge is 2.29. The second-order valence-electron chi connectivity index (χ2n) is 8.27. The van der Waals surface area contributed by atoms with E-state index in [0.717, 1.165) is 33.7 Å². The third kappa shape index (κ3) is 4.01. The lowest BCUT2D eigenvalue weighted by molar-refractivity contribution is 0.102. The van der Waals surface area contributed by atoms with Gasteiger partial charge < -0.3 is 5.32 Å². The fourth-order valence-corrected chi connectivity index (χ4v) is 5.82. The van der Waals surface area contributed by atoms with Gasteiger partial charge in [0.15, 0.2) is 0 Å². The quantitative estimate of drug-likeness (QED) is 0.443. The van der Waals surface area contributed by atoms with Crippen molar-refractivity contribution in [3.8, 4) is 11.3 Å². The lowest BCUT2D eigenvalue weighted by Gasteiger charge is -2.17. The van der Waals surface area contributed by atoms with Crippen molar-refractivity contribution in [3.05, 3.63) is 89.9 Å². The Morgan fingerprint density at radius 3 is 2.65 bits per heavy atom. The van der Waals surface area contributed by atoms with Gasteiger partial charge in [-0.25, -0.2) is 12.8 Å². The van der Waals surface area contributed by atoms with Gasteiger partial charge in [0.1, 0.15) is 5.82 Å². The lowest BCUT2D eigenvalue weighted by Crippen LogP contribution is -2.25. The summed E-state index contributed by atoms with van der Waals surface area (Å²) in [5.41, 5.74) is 3.23. The summed E-state index contributed by atoms with van der Waals surface area (Å²) in [6, 6.07) is 19.2. The molecule has 0 aliphatic carbocycles. The first kappa shape index (κ1) is 22.0. The molecular formula is C26H22FN3O3S. The van der Waals surface area contributed by atoms with Crippen LogP contribution in [-0.2, 0) is 10.0 Å². The normalized spacial score (nSPS) is 14.9. The van der Waals surface area contributed by atoms with Gasteiger partial charge in [0, 0.05) is 29.4 Å². The molecule has 5 rings (SSSR count). The number of aryl methyl sites for hydroxylation is 1. The van der Waals surface area contributed by atoms with Gasteiger partial charge >= 0.3 is 0 Å². The molecule has 8 heteroatoms. The first-order chi connectivity index (χ1) is 16.3. The van der Waals surface area contributed by atoms with Crippen LogP contribution in [0.3, 0.4) is 0 Å². The molecule has 172 valence electrons. The Balaban J connectivity index is 1.44. The maximum Gasteiger partial charge on any atom is 0.258 e. The van der Waals surface area contributed by atoms with Crippen LogP contribution in [0.25, 0.3) is 22.0 Å². The number of carbonyl (C=O) groups excluding carboxylic acids is 1. The summed E-state index contributed by atoms with van der Waals surface area (Å²) < 4.78 is 40.2. The Hall–Kier alpha value is -3.78. The Labute approximate surface area is 197 Å². The summed E-state index contributed by atoms with van der Waals surface area (Å²) in [5, 5.41) is 4.81. The second-order valence-corrected chi connectivity index (χ2v) is 10.3. The third-order valence-electron chi connectivity index (χ3n) is 6.01. The van der Waals surface area contributed by atoms with Crippen LogP contribution in [0.4, 0.5) is 15.8 Å². The van der Waals surface area contributed by atoms with Crippen molar-refractivity contribution in [1.82, 2.24) is 4.98 Å². The van der Waals surface area contributed by atoms with E-state index in [1.165, 1.54) is 16.4 Å². The standard InChI is InChI=1S/C26H22FN3O3S/c1-17-7-8-19(15-23(17)25-21-6-3-2-5-18(21)11-12-28-25)29-26(31)22-10-9-20(16-24(22)27)30-13-4-14-34(30,32)33/h2-3,5-12,15-16H,4,13-14H2,1H3,(H,29,31). The van der Waals surface area contributed by atoms with Crippen molar-refractivity contribution in [1.29, 1.82) is 0 Å². The number of benzene rings is 3. The summed E-state index contributed by atoms with van der Waals surface area (Å²) in [7, 11) is -3.43. The SMILES string of the molecule is Cc1ccc(NC(=O)c2ccc(N3CCCS3(=O)=O)cc2F)cc1-c1nccc2ccccc12. The number of carbonyl (C=O) groups is 1. The fourth-order valence-electron chi connectivity index (χ4n) is 4.26. The van der Waals surface area contributed by atoms with Gasteiger partial charge in [-0.2, -0.15) is 0 Å². The molecule has 6 nitrogen and oxygen atoms in total. The summed E-state index contributed by atoms with van der Waals surface area (Å²) in [4.78, 5) is 17.4. The molecule has 0 spiro atoms. The molecule has 0 unspecified atom stereocenters. The number of amides is 1. The van der Waals surface area contributed by atoms with Crippen LogP contribution in [0.5, 0.6) is 0 Å². The molecule has 1 amide bonds. The summed E-state index contributed by atoms with van der Waals surface area (Å²) in [5.74, 6) is -1.35. The van der Waals surface area contributed by atoms with E-state index in [1.807, 2.05) is 49.4 Å². The Morgan fingerprint density at radius 1 is 1.06 bits per heavy atom. The minimum atomic E-state index is -3.43. The van der Waals surface area contributed by atoms with E-state index < -0.39 is 21.7 Å². The molecule has 2 heterocycles. The number of halogens is 1. The molecule has 3 aromatic carbocycles. The highest BCUT2D eigenvalue weighted by Crippen LogP contribution is 2.31. The maximum atomic E-state index is 14.8.